The van der Waals surface area contributed by atoms with Crippen LogP contribution < -0.4 is 10.1 Å². The molecule has 1 aliphatic rings. The Kier molecular flexibility index (Phi) is 5.85. The highest BCUT2D eigenvalue weighted by molar-refractivity contribution is 7.16. The lowest BCUT2D eigenvalue weighted by Gasteiger charge is -2.16. The molecule has 1 aliphatic carbocycles. The molecule has 1 N–H and O–H groups in total. The first-order valence-electron chi connectivity index (χ1n) is 8.78. The number of nitrogens with zero attached hydrogens (tertiary/aromatic N) is 1. The number of carbonyl (C=O) groups excluding carboxylic acids is 1. The van der Waals surface area contributed by atoms with E-state index in [0.717, 1.165) is 36.8 Å². The fraction of sp³-hybridized carbons (Fsp3) is 0.400. The van der Waals surface area contributed by atoms with Gasteiger partial charge in [0.1, 0.15) is 16.8 Å². The van der Waals surface area contributed by atoms with Gasteiger partial charge in [-0.05, 0) is 68.9 Å². The maximum Gasteiger partial charge on any atom is 0.265 e. The van der Waals surface area contributed by atoms with Crippen LogP contribution in [0.5, 0.6) is 5.75 Å². The Labute approximate surface area is 162 Å². The van der Waals surface area contributed by atoms with Gasteiger partial charge in [0.25, 0.3) is 5.91 Å². The molecule has 6 heteroatoms. The van der Waals surface area contributed by atoms with Gasteiger partial charge in [0.2, 0.25) is 0 Å². The number of nitrogens with one attached hydrogen (secondary N) is 1. The van der Waals surface area contributed by atoms with E-state index in [1.54, 1.807) is 25.1 Å². The number of ether oxygens (including phenoxy) is 1. The van der Waals surface area contributed by atoms with Gasteiger partial charge in [0.05, 0.1) is 5.56 Å². The van der Waals surface area contributed by atoms with Gasteiger partial charge in [-0.1, -0.05) is 18.0 Å². The predicted molar refractivity (Wildman–Crippen MR) is 105 cm³/mol. The van der Waals surface area contributed by atoms with E-state index in [1.807, 2.05) is 6.92 Å². The summed E-state index contributed by atoms with van der Waals surface area (Å²) in [6, 6.07) is 7.57. The number of halogens is 1. The second-order valence-corrected chi connectivity index (χ2v) is 8.08. The normalized spacial score (nSPS) is 14.7. The number of carbonyl (C=O) groups is 1. The predicted octanol–water partition coefficient (Wildman–Crippen LogP) is 5.26. The number of aryl methyl sites for hydroxylation is 2. The molecule has 0 saturated carbocycles. The molecule has 0 unspecified atom stereocenters. The number of hydrogen-bond donors (Lipinski definition) is 1. The zero-order valence-corrected chi connectivity index (χ0v) is 16.5. The number of anilines is 1. The van der Waals surface area contributed by atoms with Crippen molar-refractivity contribution in [3.05, 3.63) is 44.8 Å². The van der Waals surface area contributed by atoms with Crippen LogP contribution in [-0.2, 0) is 17.6 Å². The summed E-state index contributed by atoms with van der Waals surface area (Å²) in [5.41, 5.74) is 2.61. The summed E-state index contributed by atoms with van der Waals surface area (Å²) in [7, 11) is 0. The summed E-state index contributed by atoms with van der Waals surface area (Å²) >= 11 is 7.48. The van der Waals surface area contributed by atoms with E-state index < -0.39 is 6.10 Å². The highest BCUT2D eigenvalue weighted by Crippen LogP contribution is 2.37. The number of thiophene rings is 1. The zero-order valence-electron chi connectivity index (χ0n) is 14.9. The fourth-order valence-electron chi connectivity index (χ4n) is 3.15. The summed E-state index contributed by atoms with van der Waals surface area (Å²) in [4.78, 5) is 13.8. The molecule has 0 spiro atoms. The number of benzene rings is 1. The third-order valence-electron chi connectivity index (χ3n) is 4.58. The third kappa shape index (κ3) is 4.03. The van der Waals surface area contributed by atoms with Gasteiger partial charge in [-0.3, -0.25) is 4.79 Å². The van der Waals surface area contributed by atoms with E-state index in [2.05, 4.69) is 11.4 Å². The lowest BCUT2D eigenvalue weighted by Crippen LogP contribution is -2.30. The standard InChI is InChI=1S/C20H21ClN2O2S/c1-12-10-14(21)8-9-17(12)25-13(2)19(24)23-20-16(11-22)15-6-4-3-5-7-18(15)26-20/h8-10,13H,3-7H2,1-2H3,(H,23,24)/t13-/m1/s1. The molecule has 1 atom stereocenters. The van der Waals surface area contributed by atoms with Crippen LogP contribution in [0.4, 0.5) is 5.00 Å². The molecular weight excluding hydrogens is 368 g/mol. The SMILES string of the molecule is Cc1cc(Cl)ccc1O[C@H](C)C(=O)Nc1sc2c(c1C#N)CCCCC2. The smallest absolute Gasteiger partial charge is 0.265 e. The summed E-state index contributed by atoms with van der Waals surface area (Å²) in [6.45, 7) is 3.59. The first-order valence-corrected chi connectivity index (χ1v) is 9.97. The largest absolute Gasteiger partial charge is 0.481 e. The topological polar surface area (TPSA) is 62.1 Å². The molecule has 3 rings (SSSR count). The van der Waals surface area contributed by atoms with Crippen molar-refractivity contribution in [3.8, 4) is 11.8 Å². The highest BCUT2D eigenvalue weighted by Gasteiger charge is 2.23. The molecule has 1 aromatic heterocycles. The van der Waals surface area contributed by atoms with Crippen LogP contribution in [0.15, 0.2) is 18.2 Å². The Hall–Kier alpha value is -2.03. The van der Waals surface area contributed by atoms with Crippen LogP contribution >= 0.6 is 22.9 Å². The van der Waals surface area contributed by atoms with Crippen molar-refractivity contribution in [1.82, 2.24) is 0 Å². The maximum absolute atomic E-state index is 12.6. The maximum atomic E-state index is 12.6. The molecule has 26 heavy (non-hydrogen) atoms. The van der Waals surface area contributed by atoms with Crippen LogP contribution in [0, 0.1) is 18.3 Å². The molecule has 1 aromatic carbocycles. The van der Waals surface area contributed by atoms with Crippen LogP contribution in [0.1, 0.15) is 47.8 Å². The Balaban J connectivity index is 1.74. The summed E-state index contributed by atoms with van der Waals surface area (Å²) in [5.74, 6) is 0.367. The Morgan fingerprint density at radius 2 is 2.12 bits per heavy atom. The minimum Gasteiger partial charge on any atom is -0.481 e. The van der Waals surface area contributed by atoms with Gasteiger partial charge in [-0.15, -0.1) is 11.3 Å². The van der Waals surface area contributed by atoms with Crippen LogP contribution in [0.25, 0.3) is 0 Å². The summed E-state index contributed by atoms with van der Waals surface area (Å²) in [5, 5.41) is 13.7. The van der Waals surface area contributed by atoms with E-state index in [4.69, 9.17) is 16.3 Å². The molecule has 0 fully saturated rings. The van der Waals surface area contributed by atoms with Gasteiger partial charge in [-0.2, -0.15) is 5.26 Å². The summed E-state index contributed by atoms with van der Waals surface area (Å²) in [6.07, 6.45) is 4.66. The van der Waals surface area contributed by atoms with Gasteiger partial charge >= 0.3 is 0 Å². The third-order valence-corrected chi connectivity index (χ3v) is 6.02. The Morgan fingerprint density at radius 1 is 1.35 bits per heavy atom. The van der Waals surface area contributed by atoms with E-state index >= 15 is 0 Å². The minimum absolute atomic E-state index is 0.257. The van der Waals surface area contributed by atoms with E-state index in [-0.39, 0.29) is 5.91 Å². The van der Waals surface area contributed by atoms with Gasteiger partial charge in [0, 0.05) is 9.90 Å². The average Bonchev–Trinajstić information content (AvgIpc) is 2.76. The fourth-order valence-corrected chi connectivity index (χ4v) is 4.62. The van der Waals surface area contributed by atoms with Gasteiger partial charge in [-0.25, -0.2) is 0 Å². The molecule has 0 saturated heterocycles. The lowest BCUT2D eigenvalue weighted by atomic mass is 10.1. The minimum atomic E-state index is -0.677. The van der Waals surface area contributed by atoms with Crippen molar-refractivity contribution in [3.63, 3.8) is 0 Å². The van der Waals surface area contributed by atoms with Gasteiger partial charge in [0.15, 0.2) is 6.10 Å². The number of nitriles is 1. The molecule has 0 bridgehead atoms. The van der Waals surface area contributed by atoms with Crippen LogP contribution in [0.3, 0.4) is 0 Å². The molecule has 4 nitrogen and oxygen atoms in total. The average molecular weight is 389 g/mol. The lowest BCUT2D eigenvalue weighted by molar-refractivity contribution is -0.122. The van der Waals surface area contributed by atoms with Crippen molar-refractivity contribution >= 4 is 33.8 Å². The highest BCUT2D eigenvalue weighted by atomic mass is 35.5. The zero-order chi connectivity index (χ0) is 18.7. The van der Waals surface area contributed by atoms with Crippen LogP contribution in [0.2, 0.25) is 5.02 Å². The first kappa shape index (κ1) is 18.8. The molecule has 0 radical (unpaired) electrons. The monoisotopic (exact) mass is 388 g/mol. The molecule has 1 heterocycles. The van der Waals surface area contributed by atoms with Crippen molar-refractivity contribution in [2.24, 2.45) is 0 Å². The van der Waals surface area contributed by atoms with E-state index in [1.165, 1.54) is 22.6 Å². The number of rotatable bonds is 4. The Bertz CT molecular complexity index is 869. The number of fused-ring (bicyclic) bond motifs is 1. The molecular formula is C20H21ClN2O2S. The van der Waals surface area contributed by atoms with E-state index in [9.17, 15) is 10.1 Å². The van der Waals surface area contributed by atoms with Crippen molar-refractivity contribution in [2.75, 3.05) is 5.32 Å². The molecule has 1 amide bonds. The Morgan fingerprint density at radius 3 is 2.85 bits per heavy atom. The molecule has 0 aliphatic heterocycles. The van der Waals surface area contributed by atoms with Crippen LogP contribution in [-0.4, -0.2) is 12.0 Å². The summed E-state index contributed by atoms with van der Waals surface area (Å²) < 4.78 is 5.78. The molecule has 2 aromatic rings. The second-order valence-electron chi connectivity index (χ2n) is 6.54. The van der Waals surface area contributed by atoms with Crippen molar-refractivity contribution in [2.45, 2.75) is 52.1 Å². The second kappa shape index (κ2) is 8.11. The quantitative estimate of drug-likeness (QED) is 0.727. The number of amides is 1. The van der Waals surface area contributed by atoms with Gasteiger partial charge < -0.3 is 10.1 Å². The van der Waals surface area contributed by atoms with Crippen molar-refractivity contribution < 1.29 is 9.53 Å². The van der Waals surface area contributed by atoms with E-state index in [0.29, 0.717) is 21.3 Å². The molecule has 136 valence electrons. The number of hydrogen-bond acceptors (Lipinski definition) is 4. The van der Waals surface area contributed by atoms with Crippen molar-refractivity contribution in [1.29, 1.82) is 5.26 Å². The first-order chi connectivity index (χ1) is 12.5.